The van der Waals surface area contributed by atoms with Gasteiger partial charge < -0.3 is 15.0 Å². The van der Waals surface area contributed by atoms with Crippen LogP contribution in [0.4, 0.5) is 0 Å². The molecule has 0 saturated heterocycles. The molecule has 3 rings (SSSR count). The van der Waals surface area contributed by atoms with Crippen LogP contribution in [-0.2, 0) is 16.1 Å². The first-order valence-electron chi connectivity index (χ1n) is 11.0. The van der Waals surface area contributed by atoms with Crippen LogP contribution in [0.3, 0.4) is 0 Å². The van der Waals surface area contributed by atoms with Crippen molar-refractivity contribution in [2.24, 2.45) is 0 Å². The molecule has 1 saturated carbocycles. The van der Waals surface area contributed by atoms with E-state index in [1.807, 2.05) is 38.1 Å². The fourth-order valence-electron chi connectivity index (χ4n) is 3.89. The SMILES string of the molecule is Cc1ccc(C)c(OCC(=O)N(Cc2ccc(Cl)c(Cl)c2)C(C)C(=O)NC2CCCC2)c1. The molecule has 2 amide bonds. The van der Waals surface area contributed by atoms with E-state index >= 15 is 0 Å². The molecule has 1 fully saturated rings. The minimum atomic E-state index is -0.653. The monoisotopic (exact) mass is 476 g/mol. The van der Waals surface area contributed by atoms with Crippen molar-refractivity contribution in [3.8, 4) is 5.75 Å². The van der Waals surface area contributed by atoms with Crippen molar-refractivity contribution in [1.29, 1.82) is 0 Å². The zero-order valence-corrected chi connectivity index (χ0v) is 20.3. The van der Waals surface area contributed by atoms with Gasteiger partial charge in [0, 0.05) is 12.6 Å². The number of hydrogen-bond acceptors (Lipinski definition) is 3. The van der Waals surface area contributed by atoms with Crippen molar-refractivity contribution < 1.29 is 14.3 Å². The molecule has 2 aromatic rings. The maximum Gasteiger partial charge on any atom is 0.261 e. The third kappa shape index (κ3) is 6.39. The van der Waals surface area contributed by atoms with Gasteiger partial charge >= 0.3 is 0 Å². The Balaban J connectivity index is 1.76. The number of halogens is 2. The number of hydrogen-bond donors (Lipinski definition) is 1. The molecule has 5 nitrogen and oxygen atoms in total. The first-order valence-corrected chi connectivity index (χ1v) is 11.7. The number of aryl methyl sites for hydroxylation is 2. The smallest absolute Gasteiger partial charge is 0.261 e. The second-order valence-corrected chi connectivity index (χ2v) is 9.31. The molecule has 172 valence electrons. The largest absolute Gasteiger partial charge is 0.483 e. The minimum absolute atomic E-state index is 0.156. The zero-order chi connectivity index (χ0) is 23.3. The van der Waals surface area contributed by atoms with Crippen LogP contribution in [0.5, 0.6) is 5.75 Å². The van der Waals surface area contributed by atoms with Crippen LogP contribution >= 0.6 is 23.2 Å². The number of carbonyl (C=O) groups excluding carboxylic acids is 2. The zero-order valence-electron chi connectivity index (χ0n) is 18.8. The molecule has 1 N–H and O–H groups in total. The number of ether oxygens (including phenoxy) is 1. The third-order valence-corrected chi connectivity index (χ3v) is 6.64. The molecular weight excluding hydrogens is 447 g/mol. The maximum atomic E-state index is 13.2. The summed E-state index contributed by atoms with van der Waals surface area (Å²) in [5.74, 6) is 0.235. The van der Waals surface area contributed by atoms with Gasteiger partial charge in [-0.2, -0.15) is 0 Å². The van der Waals surface area contributed by atoms with E-state index in [1.54, 1.807) is 19.1 Å². The van der Waals surface area contributed by atoms with E-state index in [2.05, 4.69) is 5.32 Å². The predicted molar refractivity (Wildman–Crippen MR) is 128 cm³/mol. The van der Waals surface area contributed by atoms with Crippen LogP contribution in [0.1, 0.15) is 49.3 Å². The first kappa shape index (κ1) is 24.4. The number of amides is 2. The van der Waals surface area contributed by atoms with Gasteiger partial charge in [0.25, 0.3) is 5.91 Å². The van der Waals surface area contributed by atoms with Gasteiger partial charge in [-0.3, -0.25) is 9.59 Å². The molecule has 0 aromatic heterocycles. The Morgan fingerprint density at radius 3 is 2.50 bits per heavy atom. The van der Waals surface area contributed by atoms with Crippen molar-refractivity contribution in [3.63, 3.8) is 0 Å². The van der Waals surface area contributed by atoms with Crippen LogP contribution in [-0.4, -0.2) is 35.4 Å². The number of rotatable bonds is 8. The molecular formula is C25H30Cl2N2O3. The Hall–Kier alpha value is -2.24. The highest BCUT2D eigenvalue weighted by molar-refractivity contribution is 6.42. The Labute approximate surface area is 200 Å². The van der Waals surface area contributed by atoms with E-state index in [1.165, 1.54) is 4.90 Å². The van der Waals surface area contributed by atoms with E-state index in [0.29, 0.717) is 15.8 Å². The fourth-order valence-corrected chi connectivity index (χ4v) is 4.22. The van der Waals surface area contributed by atoms with Crippen molar-refractivity contribution in [3.05, 3.63) is 63.1 Å². The van der Waals surface area contributed by atoms with E-state index in [0.717, 1.165) is 42.4 Å². The van der Waals surface area contributed by atoms with E-state index in [-0.39, 0.29) is 31.0 Å². The Kier molecular flexibility index (Phi) is 8.44. The summed E-state index contributed by atoms with van der Waals surface area (Å²) in [6.07, 6.45) is 4.20. The molecule has 1 aliphatic rings. The topological polar surface area (TPSA) is 58.6 Å². The highest BCUT2D eigenvalue weighted by Crippen LogP contribution is 2.24. The number of benzene rings is 2. The summed E-state index contributed by atoms with van der Waals surface area (Å²) in [6, 6.07) is 10.6. The lowest BCUT2D eigenvalue weighted by Gasteiger charge is -2.30. The average Bonchev–Trinajstić information content (AvgIpc) is 3.27. The average molecular weight is 477 g/mol. The summed E-state index contributed by atoms with van der Waals surface area (Å²) >= 11 is 12.2. The third-order valence-electron chi connectivity index (χ3n) is 5.90. The molecule has 1 unspecified atom stereocenters. The molecule has 2 aromatic carbocycles. The summed E-state index contributed by atoms with van der Waals surface area (Å²) in [5, 5.41) is 3.94. The molecule has 0 aliphatic heterocycles. The van der Waals surface area contributed by atoms with Crippen molar-refractivity contribution >= 4 is 35.0 Å². The van der Waals surface area contributed by atoms with Gasteiger partial charge in [-0.25, -0.2) is 0 Å². The Morgan fingerprint density at radius 2 is 1.81 bits per heavy atom. The summed E-state index contributed by atoms with van der Waals surface area (Å²) in [6.45, 7) is 5.72. The highest BCUT2D eigenvalue weighted by Gasteiger charge is 2.29. The van der Waals surface area contributed by atoms with Crippen molar-refractivity contribution in [1.82, 2.24) is 10.2 Å². The Bertz CT molecular complexity index is 974. The Morgan fingerprint density at radius 1 is 1.09 bits per heavy atom. The molecule has 32 heavy (non-hydrogen) atoms. The predicted octanol–water partition coefficient (Wildman–Crippen LogP) is 5.47. The molecule has 0 heterocycles. The quantitative estimate of drug-likeness (QED) is 0.549. The normalized spacial score (nSPS) is 14.8. The van der Waals surface area contributed by atoms with Crippen molar-refractivity contribution in [2.75, 3.05) is 6.61 Å². The highest BCUT2D eigenvalue weighted by atomic mass is 35.5. The lowest BCUT2D eigenvalue weighted by atomic mass is 10.1. The summed E-state index contributed by atoms with van der Waals surface area (Å²) in [7, 11) is 0. The van der Waals surface area contributed by atoms with Gasteiger partial charge in [0.2, 0.25) is 5.91 Å². The van der Waals surface area contributed by atoms with E-state index < -0.39 is 6.04 Å². The summed E-state index contributed by atoms with van der Waals surface area (Å²) in [5.41, 5.74) is 2.79. The van der Waals surface area contributed by atoms with Crippen LogP contribution in [0.25, 0.3) is 0 Å². The van der Waals surface area contributed by atoms with Crippen LogP contribution in [0.15, 0.2) is 36.4 Å². The van der Waals surface area contributed by atoms with Crippen LogP contribution in [0, 0.1) is 13.8 Å². The van der Waals surface area contributed by atoms with E-state index in [4.69, 9.17) is 27.9 Å². The molecule has 0 radical (unpaired) electrons. The summed E-state index contributed by atoms with van der Waals surface area (Å²) < 4.78 is 5.83. The van der Waals surface area contributed by atoms with Gasteiger partial charge in [-0.1, -0.05) is 54.2 Å². The number of nitrogens with one attached hydrogen (secondary N) is 1. The van der Waals surface area contributed by atoms with Gasteiger partial charge in [-0.05, 0) is 68.5 Å². The molecule has 1 atom stereocenters. The molecule has 7 heteroatoms. The molecule has 1 aliphatic carbocycles. The molecule has 0 spiro atoms. The lowest BCUT2D eigenvalue weighted by Crippen LogP contribution is -2.50. The molecule has 0 bridgehead atoms. The minimum Gasteiger partial charge on any atom is -0.483 e. The lowest BCUT2D eigenvalue weighted by molar-refractivity contribution is -0.142. The van der Waals surface area contributed by atoms with Crippen LogP contribution in [0.2, 0.25) is 10.0 Å². The van der Waals surface area contributed by atoms with Gasteiger partial charge in [0.1, 0.15) is 11.8 Å². The van der Waals surface area contributed by atoms with Crippen LogP contribution < -0.4 is 10.1 Å². The number of nitrogens with zero attached hydrogens (tertiary/aromatic N) is 1. The first-order chi connectivity index (χ1) is 15.2. The second kappa shape index (κ2) is 11.1. The van der Waals surface area contributed by atoms with E-state index in [9.17, 15) is 9.59 Å². The van der Waals surface area contributed by atoms with Crippen molar-refractivity contribution in [2.45, 2.75) is 65.1 Å². The maximum absolute atomic E-state index is 13.2. The summed E-state index contributed by atoms with van der Waals surface area (Å²) in [4.78, 5) is 27.7. The standard InChI is InChI=1S/C25H30Cl2N2O3/c1-16-8-9-17(2)23(12-16)32-15-24(30)29(14-19-10-11-21(26)22(27)13-19)18(3)25(31)28-20-6-4-5-7-20/h8-13,18,20H,4-7,14-15H2,1-3H3,(H,28,31). The van der Waals surface area contributed by atoms with Gasteiger partial charge in [0.05, 0.1) is 10.0 Å². The number of carbonyl (C=O) groups is 2. The second-order valence-electron chi connectivity index (χ2n) is 8.49. The van der Waals surface area contributed by atoms with Gasteiger partial charge in [-0.15, -0.1) is 0 Å². The van der Waals surface area contributed by atoms with Gasteiger partial charge in [0.15, 0.2) is 6.61 Å². The fraction of sp³-hybridized carbons (Fsp3) is 0.440.